The van der Waals surface area contributed by atoms with E-state index in [1.54, 1.807) is 0 Å². The molecule has 17 heavy (non-hydrogen) atoms. The number of ether oxygens (including phenoxy) is 2. The summed E-state index contributed by atoms with van der Waals surface area (Å²) in [7, 11) is 0. The first-order valence-corrected chi connectivity index (χ1v) is 5.85. The van der Waals surface area contributed by atoms with E-state index in [0.717, 1.165) is 5.56 Å². The van der Waals surface area contributed by atoms with Gasteiger partial charge in [0.25, 0.3) is 0 Å². The smallest absolute Gasteiger partial charge is 0.104 e. The summed E-state index contributed by atoms with van der Waals surface area (Å²) >= 11 is 0. The molecule has 1 aromatic carbocycles. The van der Waals surface area contributed by atoms with Crippen molar-refractivity contribution in [3.63, 3.8) is 0 Å². The van der Waals surface area contributed by atoms with Gasteiger partial charge in [0.2, 0.25) is 0 Å². The molecule has 2 N–H and O–H groups in total. The van der Waals surface area contributed by atoms with Gasteiger partial charge in [-0.15, -0.1) is 0 Å². The number of hydrogen-bond acceptors (Lipinski definition) is 4. The summed E-state index contributed by atoms with van der Waals surface area (Å²) in [4.78, 5) is 0. The van der Waals surface area contributed by atoms with Crippen LogP contribution in [0.4, 0.5) is 0 Å². The lowest BCUT2D eigenvalue weighted by atomic mass is 10.0. The molecule has 2 unspecified atom stereocenters. The molecule has 0 radical (unpaired) electrons. The maximum Gasteiger partial charge on any atom is 0.104 e. The highest BCUT2D eigenvalue weighted by Crippen LogP contribution is 2.18. The lowest BCUT2D eigenvalue weighted by molar-refractivity contribution is -0.154. The Morgan fingerprint density at radius 2 is 2.06 bits per heavy atom. The van der Waals surface area contributed by atoms with Crippen LogP contribution < -0.4 is 0 Å². The average Bonchev–Trinajstić information content (AvgIpc) is 2.39. The first-order chi connectivity index (χ1) is 8.29. The van der Waals surface area contributed by atoms with Crippen molar-refractivity contribution in [3.05, 3.63) is 35.9 Å². The second kappa shape index (κ2) is 6.12. The van der Waals surface area contributed by atoms with Crippen LogP contribution in [0.2, 0.25) is 0 Å². The maximum atomic E-state index is 9.73. The molecular weight excluding hydrogens is 220 g/mol. The highest BCUT2D eigenvalue weighted by Gasteiger charge is 2.30. The van der Waals surface area contributed by atoms with E-state index in [1.165, 1.54) is 0 Å². The van der Waals surface area contributed by atoms with E-state index >= 15 is 0 Å². The normalized spacial score (nSPS) is 29.2. The number of hydrogen-bond donors (Lipinski definition) is 2. The predicted octanol–water partition coefficient (Wildman–Crippen LogP) is 0.714. The highest BCUT2D eigenvalue weighted by atomic mass is 16.5. The minimum Gasteiger partial charge on any atom is -0.394 e. The van der Waals surface area contributed by atoms with Gasteiger partial charge in [-0.1, -0.05) is 30.3 Å². The third kappa shape index (κ3) is 3.51. The average molecular weight is 238 g/mol. The summed E-state index contributed by atoms with van der Waals surface area (Å²) in [6, 6.07) is 9.82. The molecule has 4 heteroatoms. The van der Waals surface area contributed by atoms with Crippen LogP contribution in [-0.2, 0) is 16.1 Å². The van der Waals surface area contributed by atoms with Crippen LogP contribution in [0.25, 0.3) is 0 Å². The number of aliphatic hydroxyl groups is 2. The van der Waals surface area contributed by atoms with Gasteiger partial charge in [0.05, 0.1) is 32.0 Å². The first kappa shape index (κ1) is 12.5. The van der Waals surface area contributed by atoms with Crippen molar-refractivity contribution in [1.29, 1.82) is 0 Å². The first-order valence-electron chi connectivity index (χ1n) is 5.85. The minimum absolute atomic E-state index is 0.0298. The van der Waals surface area contributed by atoms with E-state index in [1.807, 2.05) is 30.3 Å². The zero-order valence-electron chi connectivity index (χ0n) is 9.66. The van der Waals surface area contributed by atoms with Crippen LogP contribution in [0.3, 0.4) is 0 Å². The molecule has 1 aliphatic rings. The Morgan fingerprint density at radius 1 is 1.29 bits per heavy atom. The molecule has 0 amide bonds. The molecule has 4 nitrogen and oxygen atoms in total. The summed E-state index contributed by atoms with van der Waals surface area (Å²) in [6.07, 6.45) is -0.563. The Kier molecular flexibility index (Phi) is 4.50. The number of rotatable bonds is 4. The fourth-order valence-corrected chi connectivity index (χ4v) is 1.91. The molecule has 0 aromatic heterocycles. The van der Waals surface area contributed by atoms with Gasteiger partial charge >= 0.3 is 0 Å². The molecular formula is C13H18O4. The van der Waals surface area contributed by atoms with Gasteiger partial charge in [-0.25, -0.2) is 0 Å². The SMILES string of the molecule is OCC1C[C@H](OCc2ccccc2)C(O)CO1. The summed E-state index contributed by atoms with van der Waals surface area (Å²) in [5.74, 6) is 0. The van der Waals surface area contributed by atoms with Gasteiger partial charge < -0.3 is 19.7 Å². The maximum absolute atomic E-state index is 9.73. The summed E-state index contributed by atoms with van der Waals surface area (Å²) < 4.78 is 10.9. The Hall–Kier alpha value is -0.940. The van der Waals surface area contributed by atoms with E-state index in [-0.39, 0.29) is 25.4 Å². The Balaban J connectivity index is 1.85. The van der Waals surface area contributed by atoms with Crippen LogP contribution >= 0.6 is 0 Å². The Labute approximate surface area is 101 Å². The fraction of sp³-hybridized carbons (Fsp3) is 0.538. The summed E-state index contributed by atoms with van der Waals surface area (Å²) in [5, 5.41) is 18.7. The minimum atomic E-state index is -0.610. The third-order valence-electron chi connectivity index (χ3n) is 2.94. The molecule has 1 heterocycles. The van der Waals surface area contributed by atoms with Crippen LogP contribution in [0.5, 0.6) is 0 Å². The lowest BCUT2D eigenvalue weighted by Gasteiger charge is -2.32. The predicted molar refractivity (Wildman–Crippen MR) is 62.5 cm³/mol. The molecule has 0 spiro atoms. The van der Waals surface area contributed by atoms with Crippen molar-refractivity contribution in [2.75, 3.05) is 13.2 Å². The van der Waals surface area contributed by atoms with Crippen molar-refractivity contribution in [1.82, 2.24) is 0 Å². The summed E-state index contributed by atoms with van der Waals surface area (Å²) in [6.45, 7) is 0.670. The zero-order chi connectivity index (χ0) is 12.1. The van der Waals surface area contributed by atoms with Crippen LogP contribution in [0.15, 0.2) is 30.3 Å². The molecule has 2 rings (SSSR count). The quantitative estimate of drug-likeness (QED) is 0.811. The van der Waals surface area contributed by atoms with Crippen molar-refractivity contribution in [2.24, 2.45) is 0 Å². The molecule has 0 bridgehead atoms. The molecule has 3 atom stereocenters. The van der Waals surface area contributed by atoms with E-state index < -0.39 is 6.10 Å². The van der Waals surface area contributed by atoms with Gasteiger partial charge in [-0.2, -0.15) is 0 Å². The molecule has 1 aromatic rings. The molecule has 0 saturated carbocycles. The van der Waals surface area contributed by atoms with Crippen LogP contribution in [0, 0.1) is 0 Å². The van der Waals surface area contributed by atoms with Gasteiger partial charge in [0.15, 0.2) is 0 Å². The summed E-state index contributed by atoms with van der Waals surface area (Å²) in [5.41, 5.74) is 1.08. The van der Waals surface area contributed by atoms with Gasteiger partial charge in [-0.05, 0) is 5.56 Å². The molecule has 1 aliphatic heterocycles. The second-order valence-electron chi connectivity index (χ2n) is 4.28. The lowest BCUT2D eigenvalue weighted by Crippen LogP contribution is -2.43. The van der Waals surface area contributed by atoms with E-state index in [4.69, 9.17) is 14.6 Å². The zero-order valence-corrected chi connectivity index (χ0v) is 9.66. The Bertz CT molecular complexity index is 327. The van der Waals surface area contributed by atoms with E-state index in [0.29, 0.717) is 13.0 Å². The van der Waals surface area contributed by atoms with Gasteiger partial charge in [0, 0.05) is 6.42 Å². The standard InChI is InChI=1S/C13H18O4/c14-7-11-6-13(12(15)9-16-11)17-8-10-4-2-1-3-5-10/h1-5,11-15H,6-9H2/t11?,12?,13-/m0/s1. The number of aliphatic hydroxyl groups excluding tert-OH is 2. The van der Waals surface area contributed by atoms with E-state index in [2.05, 4.69) is 0 Å². The van der Waals surface area contributed by atoms with Gasteiger partial charge in [-0.3, -0.25) is 0 Å². The Morgan fingerprint density at radius 3 is 2.76 bits per heavy atom. The molecule has 0 aliphatic carbocycles. The van der Waals surface area contributed by atoms with Gasteiger partial charge in [0.1, 0.15) is 6.10 Å². The number of benzene rings is 1. The topological polar surface area (TPSA) is 58.9 Å². The molecule has 1 saturated heterocycles. The van der Waals surface area contributed by atoms with Crippen LogP contribution in [-0.4, -0.2) is 41.7 Å². The highest BCUT2D eigenvalue weighted by molar-refractivity contribution is 5.13. The fourth-order valence-electron chi connectivity index (χ4n) is 1.91. The largest absolute Gasteiger partial charge is 0.394 e. The van der Waals surface area contributed by atoms with Crippen molar-refractivity contribution >= 4 is 0 Å². The van der Waals surface area contributed by atoms with Crippen molar-refractivity contribution in [2.45, 2.75) is 31.3 Å². The van der Waals surface area contributed by atoms with E-state index in [9.17, 15) is 5.11 Å². The monoisotopic (exact) mass is 238 g/mol. The molecule has 94 valence electrons. The van der Waals surface area contributed by atoms with Crippen LogP contribution in [0.1, 0.15) is 12.0 Å². The van der Waals surface area contributed by atoms with Crippen molar-refractivity contribution < 1.29 is 19.7 Å². The van der Waals surface area contributed by atoms with Crippen molar-refractivity contribution in [3.8, 4) is 0 Å². The second-order valence-corrected chi connectivity index (χ2v) is 4.28. The molecule has 1 fully saturated rings. The third-order valence-corrected chi connectivity index (χ3v) is 2.94.